The lowest BCUT2D eigenvalue weighted by molar-refractivity contribution is -0.131. The van der Waals surface area contributed by atoms with Gasteiger partial charge in [0, 0.05) is 23.4 Å². The molecule has 0 radical (unpaired) electrons. The molecule has 7 heteroatoms. The number of carbonyl (C=O) groups is 2. The molecule has 120 valence electrons. The Morgan fingerprint density at radius 3 is 2.73 bits per heavy atom. The molecule has 22 heavy (non-hydrogen) atoms. The predicted octanol–water partition coefficient (Wildman–Crippen LogP) is 1.32. The minimum absolute atomic E-state index is 0.107. The number of ether oxygens (including phenoxy) is 1. The molecule has 0 unspecified atom stereocenters. The Bertz CT molecular complexity index is 571. The zero-order chi connectivity index (χ0) is 16.2. The molecule has 0 bridgehead atoms. The maximum Gasteiger partial charge on any atom is 0.243 e. The lowest BCUT2D eigenvalue weighted by Gasteiger charge is -2.31. The van der Waals surface area contributed by atoms with E-state index in [2.05, 4.69) is 26.6 Å². The summed E-state index contributed by atoms with van der Waals surface area (Å²) in [5, 5.41) is 5.38. The van der Waals surface area contributed by atoms with Gasteiger partial charge in [0.15, 0.2) is 0 Å². The van der Waals surface area contributed by atoms with Crippen molar-refractivity contribution in [1.82, 2.24) is 5.32 Å². The molecule has 4 N–H and O–H groups in total. The van der Waals surface area contributed by atoms with E-state index in [4.69, 9.17) is 10.5 Å². The highest BCUT2D eigenvalue weighted by Crippen LogP contribution is 2.20. The summed E-state index contributed by atoms with van der Waals surface area (Å²) < 4.78 is 6.08. The van der Waals surface area contributed by atoms with Crippen LogP contribution in [0.5, 0.6) is 0 Å². The summed E-state index contributed by atoms with van der Waals surface area (Å²) in [6.07, 6.45) is 0.927. The molecular weight excluding hydrogens is 350 g/mol. The smallest absolute Gasteiger partial charge is 0.243 e. The Hall–Kier alpha value is -1.44. The average molecular weight is 370 g/mol. The van der Waals surface area contributed by atoms with Crippen molar-refractivity contribution in [3.8, 4) is 0 Å². The number of nitrogens with one attached hydrogen (secondary N) is 2. The van der Waals surface area contributed by atoms with Gasteiger partial charge in [-0.2, -0.15) is 0 Å². The predicted molar refractivity (Wildman–Crippen MR) is 87.5 cm³/mol. The van der Waals surface area contributed by atoms with Crippen molar-refractivity contribution in [2.45, 2.75) is 25.3 Å². The van der Waals surface area contributed by atoms with E-state index in [0.717, 1.165) is 10.0 Å². The molecule has 1 heterocycles. The van der Waals surface area contributed by atoms with Crippen LogP contribution in [-0.4, -0.2) is 37.1 Å². The summed E-state index contributed by atoms with van der Waals surface area (Å²) in [7, 11) is 0. The van der Waals surface area contributed by atoms with Gasteiger partial charge in [-0.1, -0.05) is 22.0 Å². The lowest BCUT2D eigenvalue weighted by atomic mass is 9.90. The highest BCUT2D eigenvalue weighted by molar-refractivity contribution is 9.10. The van der Waals surface area contributed by atoms with Crippen LogP contribution in [0.4, 0.5) is 5.69 Å². The molecule has 0 aliphatic carbocycles. The van der Waals surface area contributed by atoms with Crippen molar-refractivity contribution in [1.29, 1.82) is 0 Å². The van der Waals surface area contributed by atoms with Crippen LogP contribution < -0.4 is 16.4 Å². The monoisotopic (exact) mass is 369 g/mol. The number of hydrogen-bond acceptors (Lipinski definition) is 4. The highest BCUT2D eigenvalue weighted by atomic mass is 79.9. The van der Waals surface area contributed by atoms with Crippen LogP contribution in [-0.2, 0) is 14.3 Å². The van der Waals surface area contributed by atoms with Gasteiger partial charge >= 0.3 is 0 Å². The van der Waals surface area contributed by atoms with E-state index in [1.807, 2.05) is 25.1 Å². The number of anilines is 1. The van der Waals surface area contributed by atoms with E-state index in [-0.39, 0.29) is 18.4 Å². The fraction of sp³-hybridized carbons (Fsp3) is 0.467. The maximum atomic E-state index is 12.1. The number of aryl methyl sites for hydroxylation is 1. The van der Waals surface area contributed by atoms with Crippen LogP contribution in [0, 0.1) is 6.92 Å². The summed E-state index contributed by atoms with van der Waals surface area (Å²) in [5.41, 5.74) is 6.77. The molecule has 2 rings (SSSR count). The Morgan fingerprint density at radius 1 is 1.36 bits per heavy atom. The second kappa shape index (κ2) is 7.21. The third kappa shape index (κ3) is 4.28. The van der Waals surface area contributed by atoms with Gasteiger partial charge in [0.05, 0.1) is 12.1 Å². The number of hydrogen-bond donors (Lipinski definition) is 3. The van der Waals surface area contributed by atoms with Crippen molar-refractivity contribution in [2.75, 3.05) is 25.1 Å². The second-order valence-electron chi connectivity index (χ2n) is 5.46. The Balaban J connectivity index is 1.87. The van der Waals surface area contributed by atoms with E-state index in [0.29, 0.717) is 31.7 Å². The van der Waals surface area contributed by atoms with Crippen LogP contribution in [0.2, 0.25) is 0 Å². The fourth-order valence-electron chi connectivity index (χ4n) is 2.22. The molecule has 1 aliphatic rings. The number of amides is 2. The highest BCUT2D eigenvalue weighted by Gasteiger charge is 2.35. The van der Waals surface area contributed by atoms with E-state index in [9.17, 15) is 9.59 Å². The lowest BCUT2D eigenvalue weighted by Crippen LogP contribution is -2.57. The SMILES string of the molecule is Cc1ccc(Br)cc1NC(=O)CNC(=O)C1(N)CCOCC1. The Kier molecular flexibility index (Phi) is 5.55. The van der Waals surface area contributed by atoms with E-state index in [1.165, 1.54) is 0 Å². The summed E-state index contributed by atoms with van der Waals surface area (Å²) in [6, 6.07) is 5.61. The third-order valence-electron chi connectivity index (χ3n) is 3.72. The minimum atomic E-state index is -0.940. The van der Waals surface area contributed by atoms with E-state index >= 15 is 0 Å². The third-order valence-corrected chi connectivity index (χ3v) is 4.21. The Morgan fingerprint density at radius 2 is 2.05 bits per heavy atom. The van der Waals surface area contributed by atoms with Crippen molar-refractivity contribution in [3.05, 3.63) is 28.2 Å². The standard InChI is InChI=1S/C15H20BrN3O3/c1-10-2-3-11(16)8-12(10)19-13(20)9-18-14(21)15(17)4-6-22-7-5-15/h2-3,8H,4-7,9,17H2,1H3,(H,18,21)(H,19,20). The van der Waals surface area contributed by atoms with Gasteiger partial charge in [-0.15, -0.1) is 0 Å². The molecule has 2 amide bonds. The first-order valence-corrected chi connectivity index (χ1v) is 7.91. The van der Waals surface area contributed by atoms with Crippen LogP contribution in [0.25, 0.3) is 0 Å². The number of rotatable bonds is 4. The van der Waals surface area contributed by atoms with Gasteiger partial charge in [-0.3, -0.25) is 9.59 Å². The average Bonchev–Trinajstić information content (AvgIpc) is 2.49. The summed E-state index contributed by atoms with van der Waals surface area (Å²) in [5.74, 6) is -0.595. The first-order chi connectivity index (χ1) is 10.4. The van der Waals surface area contributed by atoms with Gasteiger partial charge in [0.2, 0.25) is 11.8 Å². The molecular formula is C15H20BrN3O3. The number of benzene rings is 1. The molecule has 1 fully saturated rings. The van der Waals surface area contributed by atoms with Crippen LogP contribution >= 0.6 is 15.9 Å². The summed E-state index contributed by atoms with van der Waals surface area (Å²) >= 11 is 3.36. The molecule has 0 spiro atoms. The van der Waals surface area contributed by atoms with Gasteiger partial charge in [0.1, 0.15) is 0 Å². The summed E-state index contributed by atoms with van der Waals surface area (Å²) in [6.45, 7) is 2.73. The van der Waals surface area contributed by atoms with E-state index < -0.39 is 5.54 Å². The van der Waals surface area contributed by atoms with Gasteiger partial charge < -0.3 is 21.1 Å². The number of halogens is 1. The molecule has 1 aromatic rings. The molecule has 1 aromatic carbocycles. The number of carbonyl (C=O) groups excluding carboxylic acids is 2. The van der Waals surface area contributed by atoms with Crippen LogP contribution in [0.3, 0.4) is 0 Å². The zero-order valence-electron chi connectivity index (χ0n) is 12.4. The first-order valence-electron chi connectivity index (χ1n) is 7.12. The molecule has 1 aliphatic heterocycles. The zero-order valence-corrected chi connectivity index (χ0v) is 14.0. The van der Waals surface area contributed by atoms with Gasteiger partial charge in [0.25, 0.3) is 0 Å². The normalized spacial score (nSPS) is 16.9. The topological polar surface area (TPSA) is 93.5 Å². The van der Waals surface area contributed by atoms with Crippen molar-refractivity contribution < 1.29 is 14.3 Å². The van der Waals surface area contributed by atoms with Crippen LogP contribution in [0.15, 0.2) is 22.7 Å². The Labute approximate surface area is 137 Å². The summed E-state index contributed by atoms with van der Waals surface area (Å²) in [4.78, 5) is 24.1. The number of nitrogens with two attached hydrogens (primary N) is 1. The largest absolute Gasteiger partial charge is 0.381 e. The minimum Gasteiger partial charge on any atom is -0.381 e. The van der Waals surface area contributed by atoms with Gasteiger partial charge in [-0.25, -0.2) is 0 Å². The van der Waals surface area contributed by atoms with Crippen molar-refractivity contribution in [2.24, 2.45) is 5.73 Å². The molecule has 0 aromatic heterocycles. The van der Waals surface area contributed by atoms with Crippen molar-refractivity contribution >= 4 is 33.4 Å². The quantitative estimate of drug-likeness (QED) is 0.745. The second-order valence-corrected chi connectivity index (χ2v) is 6.37. The van der Waals surface area contributed by atoms with Crippen molar-refractivity contribution in [3.63, 3.8) is 0 Å². The van der Waals surface area contributed by atoms with Crippen LogP contribution in [0.1, 0.15) is 18.4 Å². The maximum absolute atomic E-state index is 12.1. The molecule has 0 saturated carbocycles. The molecule has 0 atom stereocenters. The molecule has 6 nitrogen and oxygen atoms in total. The fourth-order valence-corrected chi connectivity index (χ4v) is 2.58. The van der Waals surface area contributed by atoms with Gasteiger partial charge in [-0.05, 0) is 37.5 Å². The molecule has 1 saturated heterocycles. The van der Waals surface area contributed by atoms with E-state index in [1.54, 1.807) is 0 Å². The first kappa shape index (κ1) is 16.9.